The molecule has 1 aliphatic carbocycles. The average molecular weight is 291 g/mol. The Kier molecular flexibility index (Phi) is 3.86. The minimum absolute atomic E-state index is 0.258. The van der Waals surface area contributed by atoms with E-state index in [9.17, 15) is 4.79 Å². The van der Waals surface area contributed by atoms with Crippen molar-refractivity contribution in [3.8, 4) is 0 Å². The van der Waals surface area contributed by atoms with Crippen LogP contribution in [0.25, 0.3) is 0 Å². The third-order valence-electron chi connectivity index (χ3n) is 3.40. The fourth-order valence-corrected chi connectivity index (χ4v) is 2.89. The van der Waals surface area contributed by atoms with E-state index in [0.717, 1.165) is 18.8 Å². The maximum absolute atomic E-state index is 11.4. The fraction of sp³-hybridized carbons (Fsp3) is 0.357. The third-order valence-corrected chi connectivity index (χ3v) is 4.14. The zero-order chi connectivity index (χ0) is 13.9. The van der Waals surface area contributed by atoms with E-state index in [0.29, 0.717) is 6.04 Å². The number of hydrogen-bond acceptors (Lipinski definition) is 5. The van der Waals surface area contributed by atoms with Gasteiger partial charge in [-0.05, 0) is 47.4 Å². The molecule has 1 fully saturated rings. The lowest BCUT2D eigenvalue weighted by molar-refractivity contribution is 0.0921. The van der Waals surface area contributed by atoms with Crippen molar-refractivity contribution in [2.75, 3.05) is 0 Å². The molecule has 2 aromatic heterocycles. The van der Waals surface area contributed by atoms with Gasteiger partial charge in [0, 0.05) is 12.6 Å². The molecule has 5 nitrogen and oxygen atoms in total. The van der Waals surface area contributed by atoms with Crippen molar-refractivity contribution in [3.05, 3.63) is 46.0 Å². The fourth-order valence-electron chi connectivity index (χ4n) is 2.23. The lowest BCUT2D eigenvalue weighted by Gasteiger charge is -2.20. The summed E-state index contributed by atoms with van der Waals surface area (Å²) in [5, 5.41) is 4.27. The Hall–Kier alpha value is -1.63. The van der Waals surface area contributed by atoms with Crippen molar-refractivity contribution < 1.29 is 9.21 Å². The van der Waals surface area contributed by atoms with Gasteiger partial charge in [0.1, 0.15) is 5.76 Å². The number of furan rings is 1. The Morgan fingerprint density at radius 1 is 1.40 bits per heavy atom. The van der Waals surface area contributed by atoms with Crippen LogP contribution < -0.4 is 11.3 Å². The quantitative estimate of drug-likeness (QED) is 0.486. The highest BCUT2D eigenvalue weighted by Gasteiger charge is 2.29. The molecule has 106 valence electrons. The number of thiophene rings is 1. The molecule has 0 aromatic carbocycles. The number of hydrogen-bond donors (Lipinski definition) is 2. The van der Waals surface area contributed by atoms with Gasteiger partial charge in [-0.3, -0.25) is 15.1 Å². The van der Waals surface area contributed by atoms with Crippen LogP contribution in [0.2, 0.25) is 0 Å². The monoisotopic (exact) mass is 291 g/mol. The summed E-state index contributed by atoms with van der Waals surface area (Å²) in [5.74, 6) is 5.75. The van der Waals surface area contributed by atoms with Crippen molar-refractivity contribution in [1.29, 1.82) is 0 Å². The Balaban J connectivity index is 1.67. The van der Waals surface area contributed by atoms with E-state index in [1.165, 1.54) is 18.4 Å². The summed E-state index contributed by atoms with van der Waals surface area (Å²) in [6, 6.07) is 6.28. The van der Waals surface area contributed by atoms with E-state index in [2.05, 4.69) is 27.2 Å². The third kappa shape index (κ3) is 3.09. The average Bonchev–Trinajstić information content (AvgIpc) is 2.99. The van der Waals surface area contributed by atoms with E-state index < -0.39 is 5.91 Å². The second-order valence-electron chi connectivity index (χ2n) is 5.01. The molecule has 20 heavy (non-hydrogen) atoms. The normalized spacial score (nSPS) is 14.7. The SMILES string of the molecule is NNC(=O)c1ccc(CN(Cc2ccsc2)C2CC2)o1. The molecule has 0 atom stereocenters. The minimum Gasteiger partial charge on any atom is -0.455 e. The molecular weight excluding hydrogens is 274 g/mol. The molecule has 1 saturated carbocycles. The summed E-state index contributed by atoms with van der Waals surface area (Å²) < 4.78 is 5.53. The molecule has 2 heterocycles. The van der Waals surface area contributed by atoms with Gasteiger partial charge in [0.05, 0.1) is 6.54 Å². The van der Waals surface area contributed by atoms with Gasteiger partial charge in [0.15, 0.2) is 5.76 Å². The molecule has 6 heteroatoms. The maximum atomic E-state index is 11.4. The van der Waals surface area contributed by atoms with E-state index >= 15 is 0 Å². The van der Waals surface area contributed by atoms with E-state index in [-0.39, 0.29) is 5.76 Å². The second kappa shape index (κ2) is 5.78. The minimum atomic E-state index is -0.396. The van der Waals surface area contributed by atoms with Crippen LogP contribution in [0.15, 0.2) is 33.4 Å². The first-order valence-corrected chi connectivity index (χ1v) is 7.55. The number of nitrogens with two attached hydrogens (primary N) is 1. The Morgan fingerprint density at radius 3 is 2.90 bits per heavy atom. The highest BCUT2D eigenvalue weighted by Crippen LogP contribution is 2.30. The largest absolute Gasteiger partial charge is 0.455 e. The predicted octanol–water partition coefficient (Wildman–Crippen LogP) is 2.11. The van der Waals surface area contributed by atoms with Crippen LogP contribution in [0.4, 0.5) is 0 Å². The van der Waals surface area contributed by atoms with Crippen molar-refractivity contribution in [2.24, 2.45) is 5.84 Å². The van der Waals surface area contributed by atoms with Crippen LogP contribution in [0.3, 0.4) is 0 Å². The first-order valence-electron chi connectivity index (χ1n) is 6.61. The van der Waals surface area contributed by atoms with Crippen LogP contribution in [0.5, 0.6) is 0 Å². The lowest BCUT2D eigenvalue weighted by Crippen LogP contribution is -2.29. The smallest absolute Gasteiger partial charge is 0.300 e. The first kappa shape index (κ1) is 13.4. The van der Waals surface area contributed by atoms with Gasteiger partial charge < -0.3 is 4.42 Å². The van der Waals surface area contributed by atoms with E-state index in [4.69, 9.17) is 10.3 Å². The molecule has 2 aromatic rings. The van der Waals surface area contributed by atoms with E-state index in [1.54, 1.807) is 17.4 Å². The van der Waals surface area contributed by atoms with Gasteiger partial charge in [-0.15, -0.1) is 0 Å². The molecule has 3 rings (SSSR count). The molecule has 3 N–H and O–H groups in total. The van der Waals surface area contributed by atoms with Gasteiger partial charge in [-0.25, -0.2) is 5.84 Å². The standard InChI is InChI=1S/C14H17N3O2S/c15-16-14(18)13-4-3-12(19-13)8-17(11-1-2-11)7-10-5-6-20-9-10/h3-6,9,11H,1-2,7-8,15H2,(H,16,18). The summed E-state index contributed by atoms with van der Waals surface area (Å²) in [4.78, 5) is 13.8. The van der Waals surface area contributed by atoms with Crippen LogP contribution in [-0.2, 0) is 13.1 Å². The summed E-state index contributed by atoms with van der Waals surface area (Å²) in [6.45, 7) is 1.64. The van der Waals surface area contributed by atoms with Crippen molar-refractivity contribution >= 4 is 17.2 Å². The van der Waals surface area contributed by atoms with Gasteiger partial charge in [0.25, 0.3) is 0 Å². The molecule has 0 unspecified atom stereocenters. The van der Waals surface area contributed by atoms with Gasteiger partial charge in [-0.1, -0.05) is 0 Å². The number of nitrogen functional groups attached to an aromatic ring is 1. The Labute approximate surface area is 121 Å². The zero-order valence-corrected chi connectivity index (χ0v) is 11.9. The summed E-state index contributed by atoms with van der Waals surface area (Å²) >= 11 is 1.71. The van der Waals surface area contributed by atoms with Crippen molar-refractivity contribution in [3.63, 3.8) is 0 Å². The number of hydrazine groups is 1. The molecular formula is C14H17N3O2S. The number of rotatable bonds is 6. The molecule has 0 radical (unpaired) electrons. The summed E-state index contributed by atoms with van der Waals surface area (Å²) in [7, 11) is 0. The summed E-state index contributed by atoms with van der Waals surface area (Å²) in [6.07, 6.45) is 2.47. The Morgan fingerprint density at radius 2 is 2.25 bits per heavy atom. The predicted molar refractivity (Wildman–Crippen MR) is 76.9 cm³/mol. The molecule has 1 amide bonds. The topological polar surface area (TPSA) is 71.5 Å². The van der Waals surface area contributed by atoms with Crippen molar-refractivity contribution in [1.82, 2.24) is 10.3 Å². The van der Waals surface area contributed by atoms with Gasteiger partial charge >= 0.3 is 5.91 Å². The van der Waals surface area contributed by atoms with Crippen LogP contribution in [0, 0.1) is 0 Å². The number of carbonyl (C=O) groups excluding carboxylic acids is 1. The number of nitrogens with one attached hydrogen (secondary N) is 1. The number of nitrogens with zero attached hydrogens (tertiary/aromatic N) is 1. The maximum Gasteiger partial charge on any atom is 0.300 e. The second-order valence-corrected chi connectivity index (χ2v) is 5.79. The molecule has 0 aliphatic heterocycles. The number of carbonyl (C=O) groups is 1. The molecule has 1 aliphatic rings. The van der Waals surface area contributed by atoms with Crippen molar-refractivity contribution in [2.45, 2.75) is 32.0 Å². The van der Waals surface area contributed by atoms with Crippen LogP contribution >= 0.6 is 11.3 Å². The van der Waals surface area contributed by atoms with E-state index in [1.807, 2.05) is 6.07 Å². The summed E-state index contributed by atoms with van der Waals surface area (Å²) in [5.41, 5.74) is 3.40. The molecule has 0 saturated heterocycles. The Bertz CT molecular complexity index is 575. The molecule has 0 spiro atoms. The van der Waals surface area contributed by atoms with Gasteiger partial charge in [0.2, 0.25) is 0 Å². The van der Waals surface area contributed by atoms with Gasteiger partial charge in [-0.2, -0.15) is 11.3 Å². The highest BCUT2D eigenvalue weighted by molar-refractivity contribution is 7.07. The number of amides is 1. The molecule has 0 bridgehead atoms. The lowest BCUT2D eigenvalue weighted by atomic mass is 10.3. The first-order chi connectivity index (χ1) is 9.76. The zero-order valence-electron chi connectivity index (χ0n) is 11.0. The highest BCUT2D eigenvalue weighted by atomic mass is 32.1. The van der Waals surface area contributed by atoms with Crippen LogP contribution in [-0.4, -0.2) is 16.8 Å². The van der Waals surface area contributed by atoms with Crippen LogP contribution in [0.1, 0.15) is 34.7 Å².